The number of hydrogen-bond donors (Lipinski definition) is 1. The van der Waals surface area contributed by atoms with Crippen LogP contribution in [0.1, 0.15) is 18.4 Å². The van der Waals surface area contributed by atoms with Gasteiger partial charge in [-0.15, -0.1) is 12.4 Å². The van der Waals surface area contributed by atoms with Crippen molar-refractivity contribution in [2.45, 2.75) is 19.3 Å². The first-order chi connectivity index (χ1) is 10.8. The van der Waals surface area contributed by atoms with E-state index in [4.69, 9.17) is 0 Å². The number of piperidine rings is 1. The Morgan fingerprint density at radius 1 is 0.870 bits per heavy atom. The van der Waals surface area contributed by atoms with Crippen LogP contribution in [-0.4, -0.2) is 31.3 Å². The van der Waals surface area contributed by atoms with Gasteiger partial charge in [0, 0.05) is 25.9 Å². The number of benzene rings is 2. The summed E-state index contributed by atoms with van der Waals surface area (Å²) >= 11 is 0. The summed E-state index contributed by atoms with van der Waals surface area (Å²) in [6, 6.07) is 21.7. The van der Waals surface area contributed by atoms with Crippen LogP contribution in [0.4, 0.5) is 5.69 Å². The second kappa shape index (κ2) is 8.49. The van der Waals surface area contributed by atoms with E-state index in [0.717, 1.165) is 43.4 Å². The summed E-state index contributed by atoms with van der Waals surface area (Å²) in [5.41, 5.74) is 2.84. The summed E-state index contributed by atoms with van der Waals surface area (Å²) in [7, 11) is 0. The topological polar surface area (TPSA) is 20.2 Å². The summed E-state index contributed by atoms with van der Waals surface area (Å²) in [6.07, 6.45) is 3.36. The third-order valence-electron chi connectivity index (χ3n) is 5.16. The molecule has 2 aromatic rings. The highest BCUT2D eigenvalue weighted by atomic mass is 35.5. The molecule has 1 N–H and O–H groups in total. The summed E-state index contributed by atoms with van der Waals surface area (Å²) in [5, 5.41) is 9.43. The lowest BCUT2D eigenvalue weighted by atomic mass is 9.94. The Labute approximate surface area is 145 Å². The third-order valence-corrected chi connectivity index (χ3v) is 5.16. The predicted octanol–water partition coefficient (Wildman–Crippen LogP) is 4.06. The van der Waals surface area contributed by atoms with Gasteiger partial charge in [-0.05, 0) is 23.6 Å². The Balaban J connectivity index is 0.00000192. The molecule has 23 heavy (non-hydrogen) atoms. The Bertz CT molecular complexity index is 565. The molecule has 0 saturated carbocycles. The van der Waals surface area contributed by atoms with Gasteiger partial charge in [0.2, 0.25) is 0 Å². The monoisotopic (exact) mass is 332 g/mol. The van der Waals surface area contributed by atoms with Crippen molar-refractivity contribution in [3.05, 3.63) is 66.2 Å². The smallest absolute Gasteiger partial charge is 0.132 e. The van der Waals surface area contributed by atoms with E-state index in [-0.39, 0.29) is 12.4 Å². The van der Waals surface area contributed by atoms with Crippen LogP contribution in [0.5, 0.6) is 0 Å². The summed E-state index contributed by atoms with van der Waals surface area (Å²) < 4.78 is 1.06. The largest absolute Gasteiger partial charge is 0.396 e. The number of halogens is 1. The molecule has 0 atom stereocenters. The molecule has 1 fully saturated rings. The van der Waals surface area contributed by atoms with Gasteiger partial charge in [0.1, 0.15) is 5.69 Å². The third kappa shape index (κ3) is 4.35. The van der Waals surface area contributed by atoms with E-state index in [1.54, 1.807) is 0 Å². The average Bonchev–Trinajstić information content (AvgIpc) is 2.62. The Morgan fingerprint density at radius 3 is 2.00 bits per heavy atom. The molecule has 1 aliphatic heterocycles. The fraction of sp³-hybridized carbons (Fsp3) is 0.400. The zero-order chi connectivity index (χ0) is 15.3. The van der Waals surface area contributed by atoms with Crippen molar-refractivity contribution in [2.75, 3.05) is 26.2 Å². The van der Waals surface area contributed by atoms with Crippen LogP contribution >= 0.6 is 12.4 Å². The molecule has 0 radical (unpaired) electrons. The number of nitrogens with zero attached hydrogens (tertiary/aromatic N) is 1. The molecule has 0 spiro atoms. The second-order valence-corrected chi connectivity index (χ2v) is 6.51. The number of likely N-dealkylation sites (tertiary alicyclic amines) is 1. The number of hydrogen-bond acceptors (Lipinski definition) is 1. The summed E-state index contributed by atoms with van der Waals surface area (Å²) in [5.74, 6) is 0.492. The number of rotatable bonds is 5. The van der Waals surface area contributed by atoms with Crippen molar-refractivity contribution in [1.82, 2.24) is 4.48 Å². The molecule has 2 nitrogen and oxygen atoms in total. The quantitative estimate of drug-likeness (QED) is 0.819. The lowest BCUT2D eigenvalue weighted by molar-refractivity contribution is 0.134. The normalized spacial score (nSPS) is 24.0. The molecule has 1 aliphatic rings. The lowest BCUT2D eigenvalue weighted by Crippen LogP contribution is -2.55. The van der Waals surface area contributed by atoms with E-state index < -0.39 is 0 Å². The number of aliphatic hydroxyl groups excluding tert-OH is 1. The van der Waals surface area contributed by atoms with Crippen LogP contribution in [0, 0.1) is 5.92 Å². The van der Waals surface area contributed by atoms with E-state index in [2.05, 4.69) is 60.7 Å². The zero-order valence-electron chi connectivity index (χ0n) is 13.6. The first-order valence-electron chi connectivity index (χ1n) is 8.39. The molecule has 3 rings (SSSR count). The Morgan fingerprint density at radius 2 is 1.43 bits per heavy atom. The summed E-state index contributed by atoms with van der Waals surface area (Å²) in [4.78, 5) is 0. The van der Waals surface area contributed by atoms with Gasteiger partial charge in [-0.1, -0.05) is 48.5 Å². The fourth-order valence-electron chi connectivity index (χ4n) is 3.64. The van der Waals surface area contributed by atoms with Gasteiger partial charge in [-0.3, -0.25) is 4.48 Å². The molecular weight excluding hydrogens is 306 g/mol. The van der Waals surface area contributed by atoms with Crippen molar-refractivity contribution < 1.29 is 5.11 Å². The highest BCUT2D eigenvalue weighted by Crippen LogP contribution is 2.31. The molecule has 0 unspecified atom stereocenters. The van der Waals surface area contributed by atoms with Gasteiger partial charge >= 0.3 is 0 Å². The van der Waals surface area contributed by atoms with Crippen LogP contribution in [0.3, 0.4) is 0 Å². The first kappa shape index (κ1) is 18.0. The minimum Gasteiger partial charge on any atom is -0.396 e. The van der Waals surface area contributed by atoms with Crippen LogP contribution in [0.2, 0.25) is 0 Å². The maximum atomic E-state index is 9.43. The molecule has 1 heterocycles. The molecule has 0 bridgehead atoms. The molecule has 0 amide bonds. The minimum absolute atomic E-state index is 0. The van der Waals surface area contributed by atoms with Gasteiger partial charge in [0.15, 0.2) is 0 Å². The Kier molecular flexibility index (Phi) is 6.64. The molecule has 124 valence electrons. The SMILES string of the molecule is Cl.OCC1CC[N+](CCc2ccccc2)(c2ccccc2)CC1. The van der Waals surface area contributed by atoms with Gasteiger partial charge in [-0.25, -0.2) is 0 Å². The minimum atomic E-state index is 0. The Hall–Kier alpha value is -1.35. The molecule has 0 aromatic heterocycles. The van der Waals surface area contributed by atoms with Crippen LogP contribution in [0.15, 0.2) is 60.7 Å². The van der Waals surface area contributed by atoms with Crippen molar-refractivity contribution in [3.8, 4) is 0 Å². The van der Waals surface area contributed by atoms with Crippen LogP contribution in [0.25, 0.3) is 0 Å². The van der Waals surface area contributed by atoms with Gasteiger partial charge in [-0.2, -0.15) is 0 Å². The number of quaternary nitrogens is 1. The van der Waals surface area contributed by atoms with E-state index >= 15 is 0 Å². The molecule has 2 aromatic carbocycles. The number of para-hydroxylation sites is 1. The van der Waals surface area contributed by atoms with Crippen molar-refractivity contribution in [3.63, 3.8) is 0 Å². The van der Waals surface area contributed by atoms with E-state index in [1.165, 1.54) is 11.3 Å². The van der Waals surface area contributed by atoms with Gasteiger partial charge in [0.25, 0.3) is 0 Å². The van der Waals surface area contributed by atoms with Gasteiger partial charge in [0.05, 0.1) is 19.6 Å². The average molecular weight is 333 g/mol. The van der Waals surface area contributed by atoms with Crippen molar-refractivity contribution in [2.24, 2.45) is 5.92 Å². The standard InChI is InChI=1S/C20H26NO.ClH/c22-17-19-12-15-21(16-13-19,20-9-5-2-6-10-20)14-11-18-7-3-1-4-8-18;/h1-10,19,22H,11-17H2;1H/q+1;. The van der Waals surface area contributed by atoms with Crippen LogP contribution in [-0.2, 0) is 6.42 Å². The zero-order valence-corrected chi connectivity index (χ0v) is 14.4. The van der Waals surface area contributed by atoms with E-state index in [9.17, 15) is 5.11 Å². The lowest BCUT2D eigenvalue weighted by Gasteiger charge is -2.43. The van der Waals surface area contributed by atoms with E-state index in [0.29, 0.717) is 12.5 Å². The second-order valence-electron chi connectivity index (χ2n) is 6.51. The molecular formula is C20H27ClNO+. The predicted molar refractivity (Wildman–Crippen MR) is 100 cm³/mol. The van der Waals surface area contributed by atoms with E-state index in [1.807, 2.05) is 0 Å². The van der Waals surface area contributed by atoms with Crippen LogP contribution < -0.4 is 4.48 Å². The molecule has 1 saturated heterocycles. The maximum absolute atomic E-state index is 9.43. The highest BCUT2D eigenvalue weighted by Gasteiger charge is 2.35. The molecule has 0 aliphatic carbocycles. The molecule has 3 heteroatoms. The fourth-order valence-corrected chi connectivity index (χ4v) is 3.64. The first-order valence-corrected chi connectivity index (χ1v) is 8.39. The van der Waals surface area contributed by atoms with Crippen molar-refractivity contribution >= 4 is 18.1 Å². The summed E-state index contributed by atoms with van der Waals surface area (Å²) in [6.45, 7) is 3.77. The number of aliphatic hydroxyl groups is 1. The van der Waals surface area contributed by atoms with Gasteiger partial charge < -0.3 is 5.11 Å². The highest BCUT2D eigenvalue weighted by molar-refractivity contribution is 5.85. The maximum Gasteiger partial charge on any atom is 0.132 e. The van der Waals surface area contributed by atoms with Crippen molar-refractivity contribution in [1.29, 1.82) is 0 Å².